The van der Waals surface area contributed by atoms with Crippen LogP contribution in [0.4, 0.5) is 0 Å². The summed E-state index contributed by atoms with van der Waals surface area (Å²) in [5.74, 6) is 0.416. The van der Waals surface area contributed by atoms with E-state index in [9.17, 15) is 4.79 Å². The molecule has 0 aliphatic heterocycles. The number of hydrogen-bond acceptors (Lipinski definition) is 3. The number of halogens is 2. The Labute approximate surface area is 129 Å². The fourth-order valence-electron chi connectivity index (χ4n) is 1.44. The zero-order valence-electron chi connectivity index (χ0n) is 10.4. The van der Waals surface area contributed by atoms with E-state index >= 15 is 0 Å². The number of hydrogen-bond donors (Lipinski definition) is 2. The summed E-state index contributed by atoms with van der Waals surface area (Å²) in [5.41, 5.74) is 6.62. The SMILES string of the molecule is C=CCNC(=O)COc1c(Br)cc(CCN)cc1Br. The minimum absolute atomic E-state index is 0.0404. The molecule has 3 N–H and O–H groups in total. The molecular weight excluding hydrogens is 376 g/mol. The molecule has 104 valence electrons. The Balaban J connectivity index is 2.68. The van der Waals surface area contributed by atoms with Crippen molar-refractivity contribution in [1.29, 1.82) is 0 Å². The van der Waals surface area contributed by atoms with Crippen LogP contribution in [0.1, 0.15) is 5.56 Å². The molecule has 0 radical (unpaired) electrons. The van der Waals surface area contributed by atoms with E-state index < -0.39 is 0 Å². The van der Waals surface area contributed by atoms with E-state index in [-0.39, 0.29) is 12.5 Å². The zero-order valence-corrected chi connectivity index (χ0v) is 13.6. The van der Waals surface area contributed by atoms with Crippen molar-refractivity contribution in [3.05, 3.63) is 39.3 Å². The molecule has 0 heterocycles. The predicted octanol–water partition coefficient (Wildman–Crippen LogP) is 2.39. The minimum Gasteiger partial charge on any atom is -0.481 e. The lowest BCUT2D eigenvalue weighted by atomic mass is 10.1. The standard InChI is InChI=1S/C13H16Br2N2O2/c1-2-5-17-12(18)8-19-13-10(14)6-9(3-4-16)7-11(13)15/h2,6-7H,1,3-5,8,16H2,(H,17,18). The van der Waals surface area contributed by atoms with Crippen molar-refractivity contribution >= 4 is 37.8 Å². The first kappa shape index (κ1) is 16.2. The Hall–Kier alpha value is -0.850. The average molecular weight is 392 g/mol. The van der Waals surface area contributed by atoms with Crippen LogP contribution >= 0.6 is 31.9 Å². The maximum atomic E-state index is 11.4. The van der Waals surface area contributed by atoms with Crippen LogP contribution in [0.3, 0.4) is 0 Å². The molecule has 1 aromatic carbocycles. The van der Waals surface area contributed by atoms with Gasteiger partial charge in [0.05, 0.1) is 8.95 Å². The molecule has 4 nitrogen and oxygen atoms in total. The first-order chi connectivity index (χ1) is 9.08. The second-order valence-electron chi connectivity index (χ2n) is 3.81. The van der Waals surface area contributed by atoms with E-state index in [0.717, 1.165) is 20.9 Å². The van der Waals surface area contributed by atoms with Gasteiger partial charge < -0.3 is 15.8 Å². The highest BCUT2D eigenvalue weighted by Crippen LogP contribution is 2.34. The van der Waals surface area contributed by atoms with Crippen molar-refractivity contribution in [2.24, 2.45) is 5.73 Å². The van der Waals surface area contributed by atoms with Crippen LogP contribution in [0.5, 0.6) is 5.75 Å². The lowest BCUT2D eigenvalue weighted by Gasteiger charge is -2.12. The van der Waals surface area contributed by atoms with Crippen LogP contribution < -0.4 is 15.8 Å². The number of benzene rings is 1. The highest BCUT2D eigenvalue weighted by atomic mass is 79.9. The maximum absolute atomic E-state index is 11.4. The van der Waals surface area contributed by atoms with Crippen LogP contribution in [0, 0.1) is 0 Å². The molecule has 1 amide bonds. The van der Waals surface area contributed by atoms with E-state index in [0.29, 0.717) is 18.8 Å². The van der Waals surface area contributed by atoms with E-state index in [1.807, 2.05) is 12.1 Å². The summed E-state index contributed by atoms with van der Waals surface area (Å²) >= 11 is 6.85. The number of amides is 1. The smallest absolute Gasteiger partial charge is 0.258 e. The van der Waals surface area contributed by atoms with Crippen molar-refractivity contribution in [3.63, 3.8) is 0 Å². The molecule has 0 saturated carbocycles. The van der Waals surface area contributed by atoms with Crippen molar-refractivity contribution in [2.45, 2.75) is 6.42 Å². The number of rotatable bonds is 7. The van der Waals surface area contributed by atoms with Gasteiger partial charge in [0.2, 0.25) is 0 Å². The van der Waals surface area contributed by atoms with E-state index in [4.69, 9.17) is 10.5 Å². The summed E-state index contributed by atoms with van der Waals surface area (Å²) in [5, 5.41) is 2.64. The van der Waals surface area contributed by atoms with Gasteiger partial charge in [-0.05, 0) is 62.5 Å². The van der Waals surface area contributed by atoms with Gasteiger partial charge in [-0.3, -0.25) is 4.79 Å². The van der Waals surface area contributed by atoms with Gasteiger partial charge in [-0.15, -0.1) is 6.58 Å². The van der Waals surface area contributed by atoms with Crippen molar-refractivity contribution < 1.29 is 9.53 Å². The Bertz CT molecular complexity index is 441. The highest BCUT2D eigenvalue weighted by molar-refractivity contribution is 9.11. The molecule has 0 aliphatic rings. The summed E-state index contributed by atoms with van der Waals surface area (Å²) < 4.78 is 7.07. The molecule has 0 aliphatic carbocycles. The zero-order chi connectivity index (χ0) is 14.3. The monoisotopic (exact) mass is 390 g/mol. The summed E-state index contributed by atoms with van der Waals surface area (Å²) in [6.07, 6.45) is 2.41. The van der Waals surface area contributed by atoms with Gasteiger partial charge >= 0.3 is 0 Å². The Kier molecular flexibility index (Phi) is 7.12. The van der Waals surface area contributed by atoms with Gasteiger partial charge in [0, 0.05) is 6.54 Å². The van der Waals surface area contributed by atoms with Crippen LogP contribution in [0.25, 0.3) is 0 Å². The number of carbonyl (C=O) groups excluding carboxylic acids is 1. The first-order valence-corrected chi connectivity index (χ1v) is 7.35. The third-order valence-electron chi connectivity index (χ3n) is 2.28. The Morgan fingerprint density at radius 1 is 1.42 bits per heavy atom. The Morgan fingerprint density at radius 3 is 2.58 bits per heavy atom. The minimum atomic E-state index is -0.190. The lowest BCUT2D eigenvalue weighted by Crippen LogP contribution is -2.28. The fourth-order valence-corrected chi connectivity index (χ4v) is 2.95. The quantitative estimate of drug-likeness (QED) is 0.701. The molecule has 0 atom stereocenters. The third kappa shape index (κ3) is 5.34. The fraction of sp³-hybridized carbons (Fsp3) is 0.308. The number of nitrogens with one attached hydrogen (secondary N) is 1. The summed E-state index contributed by atoms with van der Waals surface area (Å²) in [7, 11) is 0. The van der Waals surface area contributed by atoms with E-state index in [2.05, 4.69) is 43.8 Å². The second-order valence-corrected chi connectivity index (χ2v) is 5.52. The van der Waals surface area contributed by atoms with Gasteiger partial charge in [-0.1, -0.05) is 6.08 Å². The molecule has 0 bridgehead atoms. The number of nitrogens with two attached hydrogens (primary N) is 1. The van der Waals surface area contributed by atoms with E-state index in [1.165, 1.54) is 0 Å². The van der Waals surface area contributed by atoms with Crippen LogP contribution in [-0.2, 0) is 11.2 Å². The van der Waals surface area contributed by atoms with Crippen molar-refractivity contribution in [3.8, 4) is 5.75 Å². The molecule has 0 fully saturated rings. The molecule has 6 heteroatoms. The summed E-state index contributed by atoms with van der Waals surface area (Å²) in [6.45, 7) is 4.50. The van der Waals surface area contributed by atoms with Crippen molar-refractivity contribution in [1.82, 2.24) is 5.32 Å². The van der Waals surface area contributed by atoms with Gasteiger partial charge in [0.25, 0.3) is 5.91 Å². The van der Waals surface area contributed by atoms with Gasteiger partial charge in [-0.2, -0.15) is 0 Å². The predicted molar refractivity (Wildman–Crippen MR) is 83.3 cm³/mol. The van der Waals surface area contributed by atoms with Crippen LogP contribution in [-0.4, -0.2) is 25.6 Å². The van der Waals surface area contributed by atoms with E-state index in [1.54, 1.807) is 6.08 Å². The topological polar surface area (TPSA) is 64.3 Å². The number of carbonyl (C=O) groups is 1. The summed E-state index contributed by atoms with van der Waals surface area (Å²) in [6, 6.07) is 3.88. The van der Waals surface area contributed by atoms with Gasteiger partial charge in [0.1, 0.15) is 5.75 Å². The molecule has 0 aromatic heterocycles. The summed E-state index contributed by atoms with van der Waals surface area (Å²) in [4.78, 5) is 11.4. The molecule has 0 saturated heterocycles. The normalized spacial score (nSPS) is 10.1. The maximum Gasteiger partial charge on any atom is 0.258 e. The highest BCUT2D eigenvalue weighted by Gasteiger charge is 2.10. The average Bonchev–Trinajstić information content (AvgIpc) is 2.35. The van der Waals surface area contributed by atoms with Gasteiger partial charge in [-0.25, -0.2) is 0 Å². The molecule has 1 rings (SSSR count). The van der Waals surface area contributed by atoms with Crippen molar-refractivity contribution in [2.75, 3.05) is 19.7 Å². The molecule has 1 aromatic rings. The van der Waals surface area contributed by atoms with Crippen LogP contribution in [0.2, 0.25) is 0 Å². The second kappa shape index (κ2) is 8.35. The molecule has 19 heavy (non-hydrogen) atoms. The molecular formula is C13H16Br2N2O2. The lowest BCUT2D eigenvalue weighted by molar-refractivity contribution is -0.122. The molecule has 0 spiro atoms. The number of ether oxygens (including phenoxy) is 1. The van der Waals surface area contributed by atoms with Crippen LogP contribution in [0.15, 0.2) is 33.7 Å². The first-order valence-electron chi connectivity index (χ1n) is 5.76. The molecule has 0 unspecified atom stereocenters. The largest absolute Gasteiger partial charge is 0.481 e. The van der Waals surface area contributed by atoms with Gasteiger partial charge in [0.15, 0.2) is 6.61 Å². The third-order valence-corrected chi connectivity index (χ3v) is 3.46. The Morgan fingerprint density at radius 2 is 2.05 bits per heavy atom.